The van der Waals surface area contributed by atoms with Crippen LogP contribution < -0.4 is 4.72 Å². The number of aromatic nitrogens is 3. The molecule has 19 heavy (non-hydrogen) atoms. The highest BCUT2D eigenvalue weighted by Gasteiger charge is 2.18. The minimum Gasteiger partial charge on any atom is -0.477 e. The maximum atomic E-state index is 11.8. The molecule has 0 unspecified atom stereocenters. The van der Waals surface area contributed by atoms with Crippen molar-refractivity contribution in [3.05, 3.63) is 28.1 Å². The lowest BCUT2D eigenvalue weighted by Gasteiger charge is -2.01. The molecule has 0 spiro atoms. The van der Waals surface area contributed by atoms with E-state index in [4.69, 9.17) is 5.11 Å². The fraction of sp³-hybridized carbons (Fsp3) is 0.222. The number of carboxylic acid groups (broad SMARTS) is 1. The monoisotopic (exact) mass is 302 g/mol. The van der Waals surface area contributed by atoms with Crippen LogP contribution in [-0.4, -0.2) is 34.4 Å². The Balaban J connectivity index is 2.11. The lowest BCUT2D eigenvalue weighted by Crippen LogP contribution is -2.23. The number of thiazole rings is 1. The molecule has 2 rings (SSSR count). The van der Waals surface area contributed by atoms with Crippen LogP contribution in [0.4, 0.5) is 0 Å². The Morgan fingerprint density at radius 2 is 2.32 bits per heavy atom. The molecule has 2 heterocycles. The van der Waals surface area contributed by atoms with Crippen molar-refractivity contribution in [1.82, 2.24) is 19.7 Å². The number of H-pyrrole nitrogens is 1. The van der Waals surface area contributed by atoms with Gasteiger partial charge in [0.2, 0.25) is 0 Å². The van der Waals surface area contributed by atoms with Crippen molar-refractivity contribution in [2.24, 2.45) is 0 Å². The van der Waals surface area contributed by atoms with Gasteiger partial charge in [-0.05, 0) is 6.92 Å². The lowest BCUT2D eigenvalue weighted by molar-refractivity contribution is 0.0701. The van der Waals surface area contributed by atoms with Crippen LogP contribution in [0.25, 0.3) is 0 Å². The van der Waals surface area contributed by atoms with E-state index in [0.29, 0.717) is 10.7 Å². The van der Waals surface area contributed by atoms with Gasteiger partial charge in [-0.25, -0.2) is 27.9 Å². The van der Waals surface area contributed by atoms with E-state index >= 15 is 0 Å². The quantitative estimate of drug-likeness (QED) is 0.732. The van der Waals surface area contributed by atoms with Crippen molar-refractivity contribution >= 4 is 27.3 Å². The Labute approximate surface area is 112 Å². The Bertz CT molecular complexity index is 690. The minimum absolute atomic E-state index is 0.0563. The molecule has 0 atom stereocenters. The predicted molar refractivity (Wildman–Crippen MR) is 66.4 cm³/mol. The maximum Gasteiger partial charge on any atom is 0.347 e. The summed E-state index contributed by atoms with van der Waals surface area (Å²) in [6, 6.07) is 0. The van der Waals surface area contributed by atoms with E-state index in [2.05, 4.69) is 19.7 Å². The van der Waals surface area contributed by atoms with Gasteiger partial charge in [0, 0.05) is 0 Å². The van der Waals surface area contributed by atoms with Crippen LogP contribution in [0.15, 0.2) is 17.6 Å². The topological polar surface area (TPSA) is 125 Å². The van der Waals surface area contributed by atoms with E-state index in [1.807, 2.05) is 0 Å². The second-order valence-corrected chi connectivity index (χ2v) is 6.39. The number of hydrogen-bond donors (Lipinski definition) is 3. The lowest BCUT2D eigenvalue weighted by atomic mass is 10.4. The predicted octanol–water partition coefficient (Wildman–Crippen LogP) is 0.351. The Morgan fingerprint density at radius 3 is 2.84 bits per heavy atom. The van der Waals surface area contributed by atoms with E-state index in [-0.39, 0.29) is 16.4 Å². The zero-order chi connectivity index (χ0) is 14.0. The second-order valence-electron chi connectivity index (χ2n) is 3.57. The average molecular weight is 302 g/mol. The molecule has 8 nitrogen and oxygen atoms in total. The van der Waals surface area contributed by atoms with Gasteiger partial charge in [0.05, 0.1) is 24.8 Å². The summed E-state index contributed by atoms with van der Waals surface area (Å²) in [6.45, 7) is 1.49. The van der Waals surface area contributed by atoms with Crippen molar-refractivity contribution in [2.75, 3.05) is 0 Å². The molecule has 2 aromatic rings. The van der Waals surface area contributed by atoms with E-state index < -0.39 is 16.0 Å². The number of nitrogens with one attached hydrogen (secondary N) is 2. The first-order valence-electron chi connectivity index (χ1n) is 5.08. The van der Waals surface area contributed by atoms with Crippen molar-refractivity contribution in [3.63, 3.8) is 0 Å². The van der Waals surface area contributed by atoms with Crippen LogP contribution >= 0.6 is 11.3 Å². The molecule has 0 aliphatic heterocycles. The van der Waals surface area contributed by atoms with E-state index in [0.717, 1.165) is 11.3 Å². The number of aryl methyl sites for hydroxylation is 1. The van der Waals surface area contributed by atoms with Gasteiger partial charge in [0.1, 0.15) is 9.88 Å². The molecule has 0 amide bonds. The fourth-order valence-electron chi connectivity index (χ4n) is 1.35. The van der Waals surface area contributed by atoms with Crippen LogP contribution in [-0.2, 0) is 16.6 Å². The van der Waals surface area contributed by atoms with Gasteiger partial charge in [-0.3, -0.25) is 0 Å². The smallest absolute Gasteiger partial charge is 0.347 e. The average Bonchev–Trinajstić information content (AvgIpc) is 2.95. The van der Waals surface area contributed by atoms with Crippen LogP contribution in [0, 0.1) is 6.92 Å². The third-order valence-electron chi connectivity index (χ3n) is 2.21. The van der Waals surface area contributed by atoms with Crippen LogP contribution in [0.1, 0.15) is 20.4 Å². The first-order chi connectivity index (χ1) is 8.90. The van der Waals surface area contributed by atoms with Crippen LogP contribution in [0.2, 0.25) is 0 Å². The van der Waals surface area contributed by atoms with Gasteiger partial charge in [0.15, 0.2) is 5.03 Å². The number of nitrogens with zero attached hydrogens (tertiary/aromatic N) is 2. The maximum absolute atomic E-state index is 11.8. The van der Waals surface area contributed by atoms with Gasteiger partial charge in [-0.1, -0.05) is 0 Å². The minimum atomic E-state index is -3.69. The number of sulfonamides is 1. The molecule has 102 valence electrons. The molecule has 2 aromatic heterocycles. The van der Waals surface area contributed by atoms with Crippen molar-refractivity contribution < 1.29 is 18.3 Å². The number of aromatic amines is 1. The summed E-state index contributed by atoms with van der Waals surface area (Å²) in [5.41, 5.74) is 0.369. The highest BCUT2D eigenvalue weighted by Crippen LogP contribution is 2.18. The Hall–Kier alpha value is -1.78. The largest absolute Gasteiger partial charge is 0.477 e. The molecule has 0 bridgehead atoms. The summed E-state index contributed by atoms with van der Waals surface area (Å²) in [5.74, 6) is -1.07. The zero-order valence-corrected chi connectivity index (χ0v) is 11.4. The molecule has 3 N–H and O–H groups in total. The van der Waals surface area contributed by atoms with Crippen molar-refractivity contribution in [1.29, 1.82) is 0 Å². The summed E-state index contributed by atoms with van der Waals surface area (Å²) < 4.78 is 25.9. The Kier molecular flexibility index (Phi) is 3.64. The van der Waals surface area contributed by atoms with Crippen LogP contribution in [0.5, 0.6) is 0 Å². The number of hydrogen-bond acceptors (Lipinski definition) is 6. The molecule has 0 fully saturated rings. The number of imidazole rings is 1. The first-order valence-corrected chi connectivity index (χ1v) is 7.38. The normalized spacial score (nSPS) is 11.6. The molecule has 0 radical (unpaired) electrons. The van der Waals surface area contributed by atoms with Gasteiger partial charge < -0.3 is 10.1 Å². The fourth-order valence-corrected chi connectivity index (χ4v) is 3.18. The van der Waals surface area contributed by atoms with Gasteiger partial charge in [-0.15, -0.1) is 11.3 Å². The number of rotatable bonds is 5. The van der Waals surface area contributed by atoms with E-state index in [1.165, 1.54) is 12.5 Å². The highest BCUT2D eigenvalue weighted by molar-refractivity contribution is 7.89. The number of carboxylic acids is 1. The van der Waals surface area contributed by atoms with Gasteiger partial charge in [0.25, 0.3) is 10.0 Å². The molecule has 0 aliphatic rings. The second kappa shape index (κ2) is 5.07. The molecule has 0 saturated heterocycles. The van der Waals surface area contributed by atoms with Crippen LogP contribution in [0.3, 0.4) is 0 Å². The SMILES string of the molecule is Cc1nc(CNS(=O)(=O)c2cnc[nH]2)sc1C(=O)O. The highest BCUT2D eigenvalue weighted by atomic mass is 32.2. The summed E-state index contributed by atoms with van der Waals surface area (Å²) in [4.78, 5) is 21.0. The summed E-state index contributed by atoms with van der Waals surface area (Å²) in [6.07, 6.45) is 2.43. The molecule has 10 heteroatoms. The third-order valence-corrected chi connectivity index (χ3v) is 4.68. The zero-order valence-electron chi connectivity index (χ0n) is 9.74. The molecule has 0 aromatic carbocycles. The number of carbonyl (C=O) groups is 1. The van der Waals surface area contributed by atoms with Crippen molar-refractivity contribution in [2.45, 2.75) is 18.5 Å². The number of aromatic carboxylic acids is 1. The molecule has 0 saturated carbocycles. The molecule has 0 aliphatic carbocycles. The summed E-state index contributed by atoms with van der Waals surface area (Å²) in [7, 11) is -3.69. The molecular weight excluding hydrogens is 292 g/mol. The Morgan fingerprint density at radius 1 is 1.58 bits per heavy atom. The molecular formula is C9H10N4O4S2. The van der Waals surface area contributed by atoms with E-state index in [9.17, 15) is 13.2 Å². The first kappa shape index (κ1) is 13.6. The summed E-state index contributed by atoms with van der Waals surface area (Å²) in [5, 5.41) is 9.21. The summed E-state index contributed by atoms with van der Waals surface area (Å²) >= 11 is 0.942. The van der Waals surface area contributed by atoms with E-state index in [1.54, 1.807) is 6.92 Å². The van der Waals surface area contributed by atoms with Gasteiger partial charge >= 0.3 is 5.97 Å². The van der Waals surface area contributed by atoms with Gasteiger partial charge in [-0.2, -0.15) is 0 Å². The standard InChI is InChI=1S/C9H10N4O4S2/c1-5-8(9(14)15)18-6(13-5)2-12-19(16,17)7-3-10-4-11-7/h3-4,12H,2H2,1H3,(H,10,11)(H,14,15). The van der Waals surface area contributed by atoms with Crippen molar-refractivity contribution in [3.8, 4) is 0 Å². The third kappa shape index (κ3) is 2.97.